The van der Waals surface area contributed by atoms with Crippen molar-refractivity contribution in [3.05, 3.63) is 0 Å². The highest BCUT2D eigenvalue weighted by atomic mass is 16.5. The van der Waals surface area contributed by atoms with Crippen LogP contribution in [-0.4, -0.2) is 18.9 Å². The second kappa shape index (κ2) is 5.00. The summed E-state index contributed by atoms with van der Waals surface area (Å²) in [5, 5.41) is 0. The largest absolute Gasteiger partial charge is 0.469 e. The summed E-state index contributed by atoms with van der Waals surface area (Å²) >= 11 is 0. The average molecular weight is 186 g/mol. The van der Waals surface area contributed by atoms with E-state index in [2.05, 4.69) is 4.74 Å². The van der Waals surface area contributed by atoms with Crippen LogP contribution in [0, 0.1) is 5.41 Å². The molecule has 0 unspecified atom stereocenters. The van der Waals surface area contributed by atoms with E-state index >= 15 is 0 Å². The molecule has 76 valence electrons. The van der Waals surface area contributed by atoms with E-state index in [0.29, 0.717) is 0 Å². The monoisotopic (exact) mass is 186 g/mol. The fourth-order valence-electron chi connectivity index (χ4n) is 1.06. The summed E-state index contributed by atoms with van der Waals surface area (Å²) in [6.45, 7) is 5.80. The highest BCUT2D eigenvalue weighted by molar-refractivity contribution is 5.98. The lowest BCUT2D eigenvalue weighted by molar-refractivity contribution is -0.145. The third-order valence-corrected chi connectivity index (χ3v) is 2.77. The molecule has 0 amide bonds. The normalized spacial score (nSPS) is 11.1. The second-order valence-electron chi connectivity index (χ2n) is 3.44. The number of rotatable bonds is 5. The summed E-state index contributed by atoms with van der Waals surface area (Å²) in [5.41, 5.74) is -0.367. The molecule has 0 saturated heterocycles. The zero-order chi connectivity index (χ0) is 10.5. The lowest BCUT2D eigenvalue weighted by Gasteiger charge is -2.24. The Morgan fingerprint density at radius 2 is 1.69 bits per heavy atom. The first-order chi connectivity index (χ1) is 6.00. The van der Waals surface area contributed by atoms with Crippen molar-refractivity contribution in [3.8, 4) is 0 Å². The fourth-order valence-corrected chi connectivity index (χ4v) is 1.06. The summed E-state index contributed by atoms with van der Waals surface area (Å²) in [4.78, 5) is 22.5. The predicted octanol–water partition coefficient (Wildman–Crippen LogP) is 1.94. The van der Waals surface area contributed by atoms with Gasteiger partial charge < -0.3 is 4.74 Å². The molecule has 3 heteroatoms. The molecule has 0 atom stereocenters. The van der Waals surface area contributed by atoms with Crippen molar-refractivity contribution in [2.45, 2.75) is 40.0 Å². The molecule has 0 aliphatic rings. The Bertz CT molecular complexity index is 192. The Morgan fingerprint density at radius 3 is 2.00 bits per heavy atom. The summed E-state index contributed by atoms with van der Waals surface area (Å²) in [6, 6.07) is 0. The zero-order valence-corrected chi connectivity index (χ0v) is 8.85. The van der Waals surface area contributed by atoms with Crippen LogP contribution in [0.3, 0.4) is 0 Å². The molecular formula is C10H18O3. The molecule has 3 nitrogen and oxygen atoms in total. The lowest BCUT2D eigenvalue weighted by atomic mass is 9.79. The first kappa shape index (κ1) is 12.1. The third kappa shape index (κ3) is 3.17. The summed E-state index contributed by atoms with van der Waals surface area (Å²) < 4.78 is 4.45. The van der Waals surface area contributed by atoms with Crippen LogP contribution in [-0.2, 0) is 14.3 Å². The van der Waals surface area contributed by atoms with Crippen LogP contribution in [0.25, 0.3) is 0 Å². The highest BCUT2D eigenvalue weighted by Gasteiger charge is 2.30. The van der Waals surface area contributed by atoms with Crippen LogP contribution in [0.1, 0.15) is 40.0 Å². The van der Waals surface area contributed by atoms with Gasteiger partial charge in [0.25, 0.3) is 0 Å². The molecule has 13 heavy (non-hydrogen) atoms. The van der Waals surface area contributed by atoms with Gasteiger partial charge in [0.05, 0.1) is 7.11 Å². The molecule has 0 aromatic carbocycles. The minimum Gasteiger partial charge on any atom is -0.469 e. The van der Waals surface area contributed by atoms with E-state index in [4.69, 9.17) is 0 Å². The van der Waals surface area contributed by atoms with Crippen LogP contribution in [0.4, 0.5) is 0 Å². The van der Waals surface area contributed by atoms with Gasteiger partial charge in [-0.3, -0.25) is 9.59 Å². The average Bonchev–Trinajstić information content (AvgIpc) is 2.16. The number of esters is 1. The van der Waals surface area contributed by atoms with E-state index in [0.717, 1.165) is 12.8 Å². The summed E-state index contributed by atoms with van der Waals surface area (Å²) in [6.07, 6.45) is 1.42. The minimum absolute atomic E-state index is 0.0237. The van der Waals surface area contributed by atoms with E-state index in [9.17, 15) is 9.59 Å². The lowest BCUT2D eigenvalue weighted by Crippen LogP contribution is -2.28. The van der Waals surface area contributed by atoms with Gasteiger partial charge in [-0.15, -0.1) is 0 Å². The zero-order valence-electron chi connectivity index (χ0n) is 8.85. The molecule has 0 bridgehead atoms. The second-order valence-corrected chi connectivity index (χ2v) is 3.44. The number of ketones is 1. The Labute approximate surface area is 79.5 Å². The fraction of sp³-hybridized carbons (Fsp3) is 0.800. The van der Waals surface area contributed by atoms with Crippen LogP contribution in [0.15, 0.2) is 0 Å². The molecule has 0 rings (SSSR count). The van der Waals surface area contributed by atoms with E-state index in [-0.39, 0.29) is 17.6 Å². The Kier molecular flexibility index (Phi) is 4.67. The van der Waals surface area contributed by atoms with Crippen LogP contribution in [0.5, 0.6) is 0 Å². The van der Waals surface area contributed by atoms with Gasteiger partial charge in [-0.2, -0.15) is 0 Å². The maximum absolute atomic E-state index is 11.6. The number of ether oxygens (including phenoxy) is 1. The number of carbonyl (C=O) groups is 2. The van der Waals surface area contributed by atoms with Gasteiger partial charge in [0.1, 0.15) is 12.2 Å². The molecule has 0 aliphatic carbocycles. The number of methoxy groups -OCH3 is 1. The molecule has 0 aromatic rings. The van der Waals surface area contributed by atoms with Gasteiger partial charge in [0.15, 0.2) is 0 Å². The van der Waals surface area contributed by atoms with Gasteiger partial charge in [0, 0.05) is 5.41 Å². The van der Waals surface area contributed by atoms with Crippen molar-refractivity contribution in [3.63, 3.8) is 0 Å². The van der Waals surface area contributed by atoms with Gasteiger partial charge in [-0.25, -0.2) is 0 Å². The van der Waals surface area contributed by atoms with Gasteiger partial charge in [0.2, 0.25) is 0 Å². The van der Waals surface area contributed by atoms with E-state index < -0.39 is 5.97 Å². The molecular weight excluding hydrogens is 168 g/mol. The highest BCUT2D eigenvalue weighted by Crippen LogP contribution is 2.27. The maximum atomic E-state index is 11.6. The van der Waals surface area contributed by atoms with Gasteiger partial charge in [-0.05, 0) is 12.8 Å². The van der Waals surface area contributed by atoms with Crippen molar-refractivity contribution in [1.82, 2.24) is 0 Å². The molecule has 0 heterocycles. The van der Waals surface area contributed by atoms with Gasteiger partial charge >= 0.3 is 5.97 Å². The van der Waals surface area contributed by atoms with Gasteiger partial charge in [-0.1, -0.05) is 20.8 Å². The predicted molar refractivity (Wildman–Crippen MR) is 50.3 cm³/mol. The Balaban J connectivity index is 4.31. The van der Waals surface area contributed by atoms with Crippen molar-refractivity contribution in [1.29, 1.82) is 0 Å². The minimum atomic E-state index is -0.446. The molecule has 0 N–H and O–H groups in total. The number of Topliss-reactive ketones (excluding diaryl/α,β-unsaturated/α-hetero) is 1. The molecule has 0 saturated carbocycles. The summed E-state index contributed by atoms with van der Waals surface area (Å²) in [7, 11) is 1.30. The first-order valence-corrected chi connectivity index (χ1v) is 4.60. The van der Waals surface area contributed by atoms with E-state index in [1.165, 1.54) is 7.11 Å². The Morgan fingerprint density at radius 1 is 1.23 bits per heavy atom. The SMILES string of the molecule is CCC(C)(CC)C(=O)CC(=O)OC. The third-order valence-electron chi connectivity index (χ3n) is 2.77. The Hall–Kier alpha value is -0.860. The molecule has 0 aromatic heterocycles. The molecule has 0 spiro atoms. The number of carbonyl (C=O) groups excluding carboxylic acids is 2. The quantitative estimate of drug-likeness (QED) is 0.487. The standard InChI is InChI=1S/C10H18O3/c1-5-10(3,6-2)8(11)7-9(12)13-4/h5-7H2,1-4H3. The molecule has 0 aliphatic heterocycles. The van der Waals surface area contributed by atoms with Crippen molar-refractivity contribution in [2.75, 3.05) is 7.11 Å². The van der Waals surface area contributed by atoms with Crippen molar-refractivity contribution in [2.24, 2.45) is 5.41 Å². The smallest absolute Gasteiger partial charge is 0.313 e. The van der Waals surface area contributed by atoms with Crippen molar-refractivity contribution < 1.29 is 14.3 Å². The first-order valence-electron chi connectivity index (χ1n) is 4.60. The van der Waals surface area contributed by atoms with E-state index in [1.54, 1.807) is 0 Å². The maximum Gasteiger partial charge on any atom is 0.313 e. The summed E-state index contributed by atoms with van der Waals surface area (Å²) in [5.74, 6) is -0.470. The molecule has 0 fully saturated rings. The molecule has 0 radical (unpaired) electrons. The van der Waals surface area contributed by atoms with Crippen LogP contribution < -0.4 is 0 Å². The number of hydrogen-bond donors (Lipinski definition) is 0. The van der Waals surface area contributed by atoms with Crippen LogP contribution in [0.2, 0.25) is 0 Å². The van der Waals surface area contributed by atoms with E-state index in [1.807, 2.05) is 20.8 Å². The topological polar surface area (TPSA) is 43.4 Å². The number of hydrogen-bond acceptors (Lipinski definition) is 3. The van der Waals surface area contributed by atoms with Crippen LogP contribution >= 0.6 is 0 Å². The van der Waals surface area contributed by atoms with Crippen molar-refractivity contribution >= 4 is 11.8 Å².